The molecule has 2 aromatic heterocycles. The average Bonchev–Trinajstić information content (AvgIpc) is 3.83. The number of sulfonamides is 1. The largest absolute Gasteiger partial charge is 0.369 e. The molecule has 17 heteroatoms. The number of piperazine rings is 1. The molecule has 14 nitrogen and oxygen atoms in total. The van der Waals surface area contributed by atoms with Gasteiger partial charge in [0, 0.05) is 67.8 Å². The summed E-state index contributed by atoms with van der Waals surface area (Å²) in [5.74, 6) is -0.725. The monoisotopic (exact) mass is 879 g/mol. The van der Waals surface area contributed by atoms with Gasteiger partial charge in [-0.1, -0.05) is 45.9 Å². The van der Waals surface area contributed by atoms with E-state index in [1.54, 1.807) is 43.5 Å². The van der Waals surface area contributed by atoms with Crippen molar-refractivity contribution in [2.75, 3.05) is 66.5 Å². The summed E-state index contributed by atoms with van der Waals surface area (Å²) in [7, 11) is -3.72. The minimum Gasteiger partial charge on any atom is -0.369 e. The number of likely N-dealkylation sites (tertiary alicyclic amines) is 1. The van der Waals surface area contributed by atoms with Crippen molar-refractivity contribution in [3.63, 3.8) is 0 Å². The Morgan fingerprint density at radius 2 is 1.63 bits per heavy atom. The van der Waals surface area contributed by atoms with Crippen LogP contribution in [0.3, 0.4) is 0 Å². The van der Waals surface area contributed by atoms with E-state index in [9.17, 15) is 22.8 Å². The number of fused-ring (bicyclic) bond motifs is 1. The van der Waals surface area contributed by atoms with Gasteiger partial charge in [-0.15, -0.1) is 11.3 Å². The van der Waals surface area contributed by atoms with Crippen LogP contribution < -0.4 is 20.3 Å². The van der Waals surface area contributed by atoms with Crippen LogP contribution in [0.2, 0.25) is 0 Å². The molecule has 324 valence electrons. The van der Waals surface area contributed by atoms with Gasteiger partial charge in [-0.3, -0.25) is 29.3 Å². The summed E-state index contributed by atoms with van der Waals surface area (Å²) in [5.41, 5.74) is 4.35. The number of rotatable bonds is 12. The Morgan fingerprint density at radius 3 is 2.34 bits per heavy atom. The number of carbonyl (C=O) groups excluding carboxylic acids is 3. The third-order valence-electron chi connectivity index (χ3n) is 11.5. The molecule has 5 aromatic rings. The molecule has 0 atom stereocenters. The van der Waals surface area contributed by atoms with Gasteiger partial charge in [-0.25, -0.2) is 27.8 Å². The maximum Gasteiger partial charge on any atom is 0.259 e. The molecule has 3 aliphatic rings. The molecular formula is C45H50FN9O5S2. The number of hydrogen-bond acceptors (Lipinski definition) is 12. The van der Waals surface area contributed by atoms with Crippen molar-refractivity contribution < 1.29 is 27.2 Å². The summed E-state index contributed by atoms with van der Waals surface area (Å²) in [4.78, 5) is 58.5. The first kappa shape index (κ1) is 42.9. The lowest BCUT2D eigenvalue weighted by Crippen LogP contribution is -2.51. The van der Waals surface area contributed by atoms with Crippen molar-refractivity contribution in [2.24, 2.45) is 0 Å². The van der Waals surface area contributed by atoms with Gasteiger partial charge in [0.25, 0.3) is 11.8 Å². The first-order chi connectivity index (χ1) is 29.7. The van der Waals surface area contributed by atoms with Crippen LogP contribution in [-0.4, -0.2) is 102 Å². The van der Waals surface area contributed by atoms with E-state index in [1.165, 1.54) is 23.0 Å². The second-order valence-electron chi connectivity index (χ2n) is 17.0. The number of benzene rings is 3. The molecule has 3 amide bonds. The van der Waals surface area contributed by atoms with E-state index in [-0.39, 0.29) is 40.1 Å². The minimum absolute atomic E-state index is 0.120. The van der Waals surface area contributed by atoms with E-state index in [4.69, 9.17) is 9.97 Å². The van der Waals surface area contributed by atoms with Crippen LogP contribution in [0.5, 0.6) is 0 Å². The van der Waals surface area contributed by atoms with Gasteiger partial charge in [0.2, 0.25) is 21.9 Å². The Balaban J connectivity index is 0.871. The molecule has 0 spiro atoms. The Bertz CT molecular complexity index is 2610. The zero-order valence-corrected chi connectivity index (χ0v) is 36.8. The lowest BCUT2D eigenvalue weighted by atomic mass is 9.89. The van der Waals surface area contributed by atoms with Crippen molar-refractivity contribution >= 4 is 62.1 Å². The molecular weight excluding hydrogens is 830 g/mol. The Kier molecular flexibility index (Phi) is 12.1. The second-order valence-corrected chi connectivity index (χ2v) is 19.8. The van der Waals surface area contributed by atoms with Crippen LogP contribution in [-0.2, 0) is 20.2 Å². The lowest BCUT2D eigenvalue weighted by molar-refractivity contribution is -0.133. The molecule has 0 unspecified atom stereocenters. The molecule has 0 radical (unpaired) electrons. The maximum absolute atomic E-state index is 16.1. The Morgan fingerprint density at radius 1 is 0.903 bits per heavy atom. The third-order valence-corrected chi connectivity index (χ3v) is 14.4. The molecule has 5 heterocycles. The summed E-state index contributed by atoms with van der Waals surface area (Å²) < 4.78 is 43.5. The van der Waals surface area contributed by atoms with Gasteiger partial charge >= 0.3 is 0 Å². The van der Waals surface area contributed by atoms with Crippen molar-refractivity contribution in [3.8, 4) is 21.8 Å². The van der Waals surface area contributed by atoms with Crippen molar-refractivity contribution in [1.29, 1.82) is 0 Å². The first-order valence-electron chi connectivity index (χ1n) is 20.9. The highest BCUT2D eigenvalue weighted by Gasteiger charge is 2.30. The van der Waals surface area contributed by atoms with Crippen LogP contribution in [0.4, 0.5) is 27.4 Å². The number of halogens is 1. The molecule has 3 aromatic carbocycles. The number of carbonyl (C=O) groups is 3. The fraction of sp³-hybridized carbons (Fsp3) is 0.378. The van der Waals surface area contributed by atoms with E-state index >= 15 is 4.39 Å². The van der Waals surface area contributed by atoms with Gasteiger partial charge in [0.05, 0.1) is 50.4 Å². The number of amides is 3. The number of thiazole rings is 1. The van der Waals surface area contributed by atoms with E-state index in [0.717, 1.165) is 55.4 Å². The van der Waals surface area contributed by atoms with Crippen molar-refractivity contribution in [2.45, 2.75) is 58.3 Å². The minimum atomic E-state index is -3.72. The van der Waals surface area contributed by atoms with Crippen molar-refractivity contribution in [3.05, 3.63) is 100 Å². The Hall–Kier alpha value is -5.78. The summed E-state index contributed by atoms with van der Waals surface area (Å²) in [6, 6.07) is 19.9. The number of nitrogens with zero attached hydrogens (tertiary/aromatic N) is 6. The third kappa shape index (κ3) is 9.34. The summed E-state index contributed by atoms with van der Waals surface area (Å²) in [5, 5.41) is 6.43. The van der Waals surface area contributed by atoms with Crippen LogP contribution in [0.1, 0.15) is 84.2 Å². The molecule has 2 saturated heterocycles. The molecule has 0 bridgehead atoms. The number of imide groups is 1. The number of hydrogen-bond donors (Lipinski definition) is 3. The molecule has 3 N–H and O–H groups in total. The quantitative estimate of drug-likeness (QED) is 0.110. The highest BCUT2D eigenvalue weighted by Crippen LogP contribution is 2.42. The zero-order chi connectivity index (χ0) is 43.8. The van der Waals surface area contributed by atoms with Crippen LogP contribution in [0, 0.1) is 5.82 Å². The average molecular weight is 880 g/mol. The second kappa shape index (κ2) is 17.5. The van der Waals surface area contributed by atoms with Crippen LogP contribution >= 0.6 is 11.3 Å². The van der Waals surface area contributed by atoms with E-state index in [2.05, 4.69) is 42.3 Å². The van der Waals surface area contributed by atoms with Gasteiger partial charge in [-0.05, 0) is 79.3 Å². The highest BCUT2D eigenvalue weighted by molar-refractivity contribution is 7.92. The zero-order valence-electron chi connectivity index (χ0n) is 35.2. The number of anilines is 4. The molecule has 3 aliphatic heterocycles. The molecule has 2 fully saturated rings. The molecule has 62 heavy (non-hydrogen) atoms. The van der Waals surface area contributed by atoms with E-state index < -0.39 is 15.8 Å². The summed E-state index contributed by atoms with van der Waals surface area (Å²) in [6.45, 7) is 12.5. The highest BCUT2D eigenvalue weighted by atomic mass is 32.2. The lowest BCUT2D eigenvalue weighted by Gasteiger charge is -2.38. The Labute approximate surface area is 365 Å². The molecule has 0 saturated carbocycles. The smallest absolute Gasteiger partial charge is 0.259 e. The fourth-order valence-electron chi connectivity index (χ4n) is 8.06. The van der Waals surface area contributed by atoms with E-state index in [0.29, 0.717) is 65.3 Å². The summed E-state index contributed by atoms with van der Waals surface area (Å²) in [6.07, 6.45) is 3.78. The van der Waals surface area contributed by atoms with Crippen molar-refractivity contribution in [1.82, 2.24) is 30.1 Å². The fourth-order valence-corrected chi connectivity index (χ4v) is 10.3. The van der Waals surface area contributed by atoms with E-state index in [1.807, 2.05) is 43.9 Å². The molecule has 0 aliphatic carbocycles. The van der Waals surface area contributed by atoms with Gasteiger partial charge in [0.1, 0.15) is 0 Å². The standard InChI is InChI=1S/C45H50FN9O5S2/c1-5-25-62(59,60)52-35-8-6-7-33(38(35)46)39-40(61-43(50-39)45(2,3)4)36-15-18-47-44(49-36)48-30-11-9-28(10-12-30)29-16-19-55(20-17-29)37(56)27-53-21-23-54(24-22-53)31-13-14-32-34(26-31)42(58)51-41(32)57/h6-15,18,26,29,52H,5,16-17,19-25,27H2,1-4H3,(H,47,48,49)(H,51,57,58). The predicted molar refractivity (Wildman–Crippen MR) is 240 cm³/mol. The van der Waals surface area contributed by atoms with Crippen LogP contribution in [0.25, 0.3) is 21.8 Å². The van der Waals surface area contributed by atoms with Crippen LogP contribution in [0.15, 0.2) is 72.9 Å². The van der Waals surface area contributed by atoms with Gasteiger partial charge < -0.3 is 15.1 Å². The normalized spacial score (nSPS) is 16.3. The first-order valence-corrected chi connectivity index (χ1v) is 23.4. The number of aromatic nitrogens is 3. The SMILES string of the molecule is CCCS(=O)(=O)Nc1cccc(-c2nc(C(C)(C)C)sc2-c2ccnc(Nc3ccc(C4CCN(C(=O)CN5CCN(c6ccc7c(c6)C(=O)NC7=O)CC5)CC4)cc3)n2)c1F. The number of nitrogens with one attached hydrogen (secondary N) is 3. The maximum atomic E-state index is 16.1. The van der Waals surface area contributed by atoms with Gasteiger partial charge in [0.15, 0.2) is 5.82 Å². The number of piperidine rings is 1. The topological polar surface area (TPSA) is 170 Å². The summed E-state index contributed by atoms with van der Waals surface area (Å²) >= 11 is 1.41. The molecule has 8 rings (SSSR count). The predicted octanol–water partition coefficient (Wildman–Crippen LogP) is 7.01. The van der Waals surface area contributed by atoms with Gasteiger partial charge in [-0.2, -0.15) is 0 Å².